The van der Waals surface area contributed by atoms with E-state index < -0.39 is 30.2 Å². The lowest BCUT2D eigenvalue weighted by Crippen LogP contribution is -2.21. The number of rotatable bonds is 4. The zero-order chi connectivity index (χ0) is 25.9. The summed E-state index contributed by atoms with van der Waals surface area (Å²) in [6, 6.07) is 6.98. The van der Waals surface area contributed by atoms with Crippen molar-refractivity contribution in [2.45, 2.75) is 37.8 Å². The van der Waals surface area contributed by atoms with Gasteiger partial charge in [-0.15, -0.1) is 0 Å². The van der Waals surface area contributed by atoms with Gasteiger partial charge in [0.1, 0.15) is 11.2 Å². The predicted molar refractivity (Wildman–Crippen MR) is 116 cm³/mol. The van der Waals surface area contributed by atoms with Crippen LogP contribution in [-0.2, 0) is 18.3 Å². The minimum atomic E-state index is -5.08. The van der Waals surface area contributed by atoms with Crippen molar-refractivity contribution >= 4 is 28.6 Å². The Morgan fingerprint density at radius 1 is 1.29 bits per heavy atom. The second kappa shape index (κ2) is 10.3. The Morgan fingerprint density at radius 3 is 2.57 bits per heavy atom. The summed E-state index contributed by atoms with van der Waals surface area (Å²) in [6.45, 7) is 0.522. The van der Waals surface area contributed by atoms with Gasteiger partial charge in [-0.1, -0.05) is 6.07 Å². The summed E-state index contributed by atoms with van der Waals surface area (Å²) < 4.78 is 60.2. The number of carbonyl (C=O) groups is 2. The lowest BCUT2D eigenvalue weighted by molar-refractivity contribution is -0.192. The number of carbonyl (C=O) groups excluding carboxylic acids is 1. The molecule has 0 bridgehead atoms. The van der Waals surface area contributed by atoms with Gasteiger partial charge < -0.3 is 16.2 Å². The third-order valence-electron chi connectivity index (χ3n) is 5.59. The molecule has 3 aromatic rings. The largest absolute Gasteiger partial charge is 0.490 e. The zero-order valence-electron chi connectivity index (χ0n) is 18.4. The van der Waals surface area contributed by atoms with E-state index in [1.54, 1.807) is 13.1 Å². The molecule has 35 heavy (non-hydrogen) atoms. The number of aromatic nitrogens is 3. The van der Waals surface area contributed by atoms with Crippen LogP contribution in [0.3, 0.4) is 0 Å². The molecular weight excluding hydrogens is 477 g/mol. The van der Waals surface area contributed by atoms with Crippen LogP contribution in [0.2, 0.25) is 0 Å². The number of nitrogens with one attached hydrogen (secondary N) is 1. The van der Waals surface area contributed by atoms with Crippen LogP contribution < -0.4 is 11.1 Å². The molecule has 8 nitrogen and oxygen atoms in total. The van der Waals surface area contributed by atoms with Crippen LogP contribution in [0.25, 0.3) is 11.0 Å². The van der Waals surface area contributed by atoms with E-state index in [9.17, 15) is 26.7 Å². The summed E-state index contributed by atoms with van der Waals surface area (Å²) in [5.74, 6) is -2.98. The number of nitrogens with two attached hydrogens (primary N) is 1. The first-order chi connectivity index (χ1) is 16.4. The highest BCUT2D eigenvalue weighted by atomic mass is 19.4. The molecule has 1 aliphatic rings. The lowest BCUT2D eigenvalue weighted by atomic mass is 9.82. The van der Waals surface area contributed by atoms with Crippen LogP contribution in [0, 0.1) is 0 Å². The van der Waals surface area contributed by atoms with Crippen molar-refractivity contribution in [1.29, 1.82) is 0 Å². The molecule has 2 aromatic heterocycles. The Labute approximate surface area is 195 Å². The second-order valence-electron chi connectivity index (χ2n) is 7.89. The van der Waals surface area contributed by atoms with E-state index in [1.165, 1.54) is 22.5 Å². The van der Waals surface area contributed by atoms with Crippen LogP contribution >= 0.6 is 0 Å². The first-order valence-corrected chi connectivity index (χ1v) is 10.5. The molecule has 188 valence electrons. The number of aryl methyl sites for hydroxylation is 2. The number of carboxylic acid groups (broad SMARTS) is 1. The van der Waals surface area contributed by atoms with Gasteiger partial charge in [0.25, 0.3) is 12.3 Å². The van der Waals surface area contributed by atoms with Crippen LogP contribution in [0.4, 0.5) is 27.6 Å². The Kier molecular flexibility index (Phi) is 7.68. The number of benzene rings is 1. The smallest absolute Gasteiger partial charge is 0.475 e. The van der Waals surface area contributed by atoms with Crippen molar-refractivity contribution in [3.05, 3.63) is 52.8 Å². The molecule has 2 heterocycles. The molecule has 0 aliphatic heterocycles. The zero-order valence-corrected chi connectivity index (χ0v) is 18.4. The average Bonchev–Trinajstić information content (AvgIpc) is 3.17. The maximum Gasteiger partial charge on any atom is 0.490 e. The number of amides is 1. The van der Waals surface area contributed by atoms with Gasteiger partial charge in [-0.2, -0.15) is 18.3 Å². The number of hydrogen-bond acceptors (Lipinski definition) is 5. The monoisotopic (exact) mass is 499 g/mol. The van der Waals surface area contributed by atoms with Gasteiger partial charge in [-0.05, 0) is 61.1 Å². The van der Waals surface area contributed by atoms with Crippen LogP contribution in [0.5, 0.6) is 0 Å². The Hall–Kier alpha value is -3.61. The van der Waals surface area contributed by atoms with Gasteiger partial charge in [0.05, 0.1) is 17.4 Å². The predicted octanol–water partition coefficient (Wildman–Crippen LogP) is 4.17. The molecule has 4 N–H and O–H groups in total. The molecule has 1 aromatic carbocycles. The summed E-state index contributed by atoms with van der Waals surface area (Å²) in [6.07, 6.45) is -3.45. The number of carboxylic acids is 1. The van der Waals surface area contributed by atoms with Gasteiger partial charge in [0.15, 0.2) is 0 Å². The normalized spacial score (nSPS) is 15.4. The maximum atomic E-state index is 13.5. The van der Waals surface area contributed by atoms with Crippen LogP contribution in [0.1, 0.15) is 52.4 Å². The fourth-order valence-electron chi connectivity index (χ4n) is 3.83. The first-order valence-electron chi connectivity index (χ1n) is 10.5. The van der Waals surface area contributed by atoms with E-state index in [2.05, 4.69) is 15.4 Å². The van der Waals surface area contributed by atoms with E-state index in [4.69, 9.17) is 15.6 Å². The molecule has 1 amide bonds. The third kappa shape index (κ3) is 5.91. The quantitative estimate of drug-likeness (QED) is 0.463. The lowest BCUT2D eigenvalue weighted by Gasteiger charge is -2.25. The summed E-state index contributed by atoms with van der Waals surface area (Å²) >= 11 is 0. The van der Waals surface area contributed by atoms with Crippen LogP contribution in [-0.4, -0.2) is 44.5 Å². The summed E-state index contributed by atoms with van der Waals surface area (Å²) in [4.78, 5) is 25.7. The van der Waals surface area contributed by atoms with Gasteiger partial charge in [0.2, 0.25) is 0 Å². The van der Waals surface area contributed by atoms with Gasteiger partial charge in [-0.3, -0.25) is 9.48 Å². The van der Waals surface area contributed by atoms with Crippen molar-refractivity contribution in [3.63, 3.8) is 0 Å². The maximum absolute atomic E-state index is 13.5. The molecule has 1 atom stereocenters. The number of aliphatic carboxylic acids is 1. The molecule has 1 unspecified atom stereocenters. The number of alkyl halides is 5. The number of fused-ring (bicyclic) bond motifs is 2. The molecule has 0 fully saturated rings. The van der Waals surface area contributed by atoms with Gasteiger partial charge in [-0.25, -0.2) is 18.6 Å². The van der Waals surface area contributed by atoms with Crippen molar-refractivity contribution in [2.24, 2.45) is 12.8 Å². The SMILES string of the molecule is Cn1ncc2nc(C(F)F)c(NC(=O)c3ccc4c(c3)C(CN)CCC4)cc21.O=C(O)C(F)(F)F. The number of hydrogen-bond donors (Lipinski definition) is 3. The van der Waals surface area contributed by atoms with Crippen molar-refractivity contribution in [3.8, 4) is 0 Å². The highest BCUT2D eigenvalue weighted by Crippen LogP contribution is 2.32. The van der Waals surface area contributed by atoms with Gasteiger partial charge in [0, 0.05) is 12.6 Å². The minimum absolute atomic E-state index is 0.0100. The number of anilines is 1. The average molecular weight is 499 g/mol. The summed E-state index contributed by atoms with van der Waals surface area (Å²) in [5.41, 5.74) is 9.02. The fourth-order valence-corrected chi connectivity index (χ4v) is 3.83. The van der Waals surface area contributed by atoms with E-state index in [1.807, 2.05) is 12.1 Å². The van der Waals surface area contributed by atoms with E-state index in [-0.39, 0.29) is 11.6 Å². The van der Waals surface area contributed by atoms with E-state index in [0.29, 0.717) is 23.1 Å². The standard InChI is InChI=1S/C20H21F2N5O.C2HF3O2/c1-27-17-8-15(18(19(21)22)25-16(17)10-24-27)26-20(28)12-6-5-11-3-2-4-13(9-23)14(11)7-12;3-2(4,5)1(6)7/h5-8,10,13,19H,2-4,9,23H2,1H3,(H,26,28);(H,6,7). The van der Waals surface area contributed by atoms with E-state index >= 15 is 0 Å². The fraction of sp³-hybridized carbons (Fsp3) is 0.364. The first kappa shape index (κ1) is 26.0. The molecule has 1 aliphatic carbocycles. The Bertz CT molecular complexity index is 1240. The topological polar surface area (TPSA) is 123 Å². The summed E-state index contributed by atoms with van der Waals surface area (Å²) in [5, 5.41) is 13.8. The second-order valence-corrected chi connectivity index (χ2v) is 7.89. The molecular formula is C22H22F5N5O3. The van der Waals surface area contributed by atoms with Crippen molar-refractivity contribution < 1.29 is 36.6 Å². The molecule has 0 radical (unpaired) electrons. The van der Waals surface area contributed by atoms with Gasteiger partial charge >= 0.3 is 12.1 Å². The highest BCUT2D eigenvalue weighted by Gasteiger charge is 2.38. The van der Waals surface area contributed by atoms with Crippen LogP contribution in [0.15, 0.2) is 30.5 Å². The van der Waals surface area contributed by atoms with E-state index in [0.717, 1.165) is 24.8 Å². The van der Waals surface area contributed by atoms with Crippen molar-refractivity contribution in [1.82, 2.24) is 14.8 Å². The highest BCUT2D eigenvalue weighted by molar-refractivity contribution is 6.05. The molecule has 0 saturated heterocycles. The molecule has 4 rings (SSSR count). The molecule has 0 saturated carbocycles. The summed E-state index contributed by atoms with van der Waals surface area (Å²) in [7, 11) is 1.69. The number of pyridine rings is 1. The number of halogens is 5. The minimum Gasteiger partial charge on any atom is -0.475 e. The molecule has 13 heteroatoms. The number of nitrogens with zero attached hydrogens (tertiary/aromatic N) is 3. The third-order valence-corrected chi connectivity index (χ3v) is 5.59. The Balaban J connectivity index is 0.000000429. The molecule has 0 spiro atoms. The Morgan fingerprint density at radius 2 is 1.97 bits per heavy atom. The van der Waals surface area contributed by atoms with Crippen molar-refractivity contribution in [2.75, 3.05) is 11.9 Å².